The molecule has 0 bridgehead atoms. The number of rotatable bonds is 4. The SMILES string of the molecule is COC1C[C@@H](O[C@H]2CC[C@]3(C)C4CC[C@]5(C)[C@H](C6=CC(=O)OC6)CC[C@]5(O)C4CC[C@]3(O)C2)OC(C)[C@H]1O. The molecule has 4 unspecified atom stereocenters. The number of fused-ring (bicyclic) bond motifs is 5. The molecular formula is C30H46O8. The summed E-state index contributed by atoms with van der Waals surface area (Å²) in [5.41, 5.74) is -1.17. The lowest BCUT2D eigenvalue weighted by atomic mass is 9.42. The summed E-state index contributed by atoms with van der Waals surface area (Å²) >= 11 is 0. The van der Waals surface area contributed by atoms with Crippen molar-refractivity contribution in [3.05, 3.63) is 11.6 Å². The Labute approximate surface area is 226 Å². The lowest BCUT2D eigenvalue weighted by molar-refractivity contribution is -0.291. The summed E-state index contributed by atoms with van der Waals surface area (Å²) in [4.78, 5) is 11.8. The highest BCUT2D eigenvalue weighted by atomic mass is 16.7. The van der Waals surface area contributed by atoms with Crippen LogP contribution in [0.1, 0.15) is 85.0 Å². The predicted molar refractivity (Wildman–Crippen MR) is 138 cm³/mol. The van der Waals surface area contributed by atoms with Gasteiger partial charge in [-0.05, 0) is 87.0 Å². The van der Waals surface area contributed by atoms with Gasteiger partial charge in [0.05, 0.1) is 29.5 Å². The van der Waals surface area contributed by atoms with Gasteiger partial charge in [0.1, 0.15) is 12.7 Å². The Balaban J connectivity index is 1.18. The van der Waals surface area contributed by atoms with E-state index in [0.717, 1.165) is 50.5 Å². The van der Waals surface area contributed by atoms with Gasteiger partial charge in [0.2, 0.25) is 0 Å². The molecule has 8 nitrogen and oxygen atoms in total. The molecule has 2 heterocycles. The zero-order chi connectivity index (χ0) is 27.1. The van der Waals surface area contributed by atoms with E-state index in [1.807, 2.05) is 6.92 Å². The molecule has 6 rings (SSSR count). The molecule has 4 saturated carbocycles. The molecule has 5 fully saturated rings. The van der Waals surface area contributed by atoms with Crippen molar-refractivity contribution in [3.8, 4) is 0 Å². The standard InChI is InChI=1S/C30H46O8/c1-17-26(32)23(35-4)14-25(37-17)38-19-5-9-27(2)21-6-10-28(3)20(18-13-24(31)36-16-18)8-12-30(28,34)22(21)7-11-29(27,33)15-19/h13,17,19-23,25-26,32-34H,5-12,14-16H2,1-4H3/t17?,19-,20-,21?,22?,23?,25+,26+,27+,28+,29-,30-/m0/s1. The largest absolute Gasteiger partial charge is 0.458 e. The van der Waals surface area contributed by atoms with Crippen LogP contribution >= 0.6 is 0 Å². The summed E-state index contributed by atoms with van der Waals surface area (Å²) in [6.07, 6.45) is 7.36. The number of cyclic esters (lactones) is 1. The Morgan fingerprint density at radius 3 is 2.45 bits per heavy atom. The highest BCUT2D eigenvalue weighted by Gasteiger charge is 2.70. The van der Waals surface area contributed by atoms with Gasteiger partial charge in [-0.1, -0.05) is 13.8 Å². The molecule has 38 heavy (non-hydrogen) atoms. The molecule has 8 heteroatoms. The number of hydrogen-bond acceptors (Lipinski definition) is 8. The number of aliphatic hydroxyl groups excluding tert-OH is 1. The number of carbonyl (C=O) groups excluding carboxylic acids is 1. The third-order valence-electron chi connectivity index (χ3n) is 12.4. The van der Waals surface area contributed by atoms with Crippen molar-refractivity contribution >= 4 is 5.97 Å². The van der Waals surface area contributed by atoms with Crippen LogP contribution in [0.25, 0.3) is 0 Å². The highest BCUT2D eigenvalue weighted by molar-refractivity contribution is 5.85. The van der Waals surface area contributed by atoms with Crippen LogP contribution in [0.5, 0.6) is 0 Å². The lowest BCUT2D eigenvalue weighted by Gasteiger charge is -2.66. The van der Waals surface area contributed by atoms with Gasteiger partial charge < -0.3 is 34.3 Å². The predicted octanol–water partition coefficient (Wildman–Crippen LogP) is 3.25. The van der Waals surface area contributed by atoms with Crippen molar-refractivity contribution in [2.24, 2.45) is 28.6 Å². The van der Waals surface area contributed by atoms with Gasteiger partial charge in [-0.15, -0.1) is 0 Å². The number of methoxy groups -OCH3 is 1. The van der Waals surface area contributed by atoms with Crippen LogP contribution in [-0.4, -0.2) is 76.9 Å². The van der Waals surface area contributed by atoms with Gasteiger partial charge in [0.25, 0.3) is 0 Å². The Hall–Kier alpha value is -1.03. The van der Waals surface area contributed by atoms with E-state index in [9.17, 15) is 20.1 Å². The molecule has 0 aromatic rings. The van der Waals surface area contributed by atoms with Crippen molar-refractivity contribution in [2.75, 3.05) is 13.7 Å². The normalized spacial score (nSPS) is 54.5. The lowest BCUT2D eigenvalue weighted by Crippen LogP contribution is -2.67. The van der Waals surface area contributed by atoms with Crippen LogP contribution in [0, 0.1) is 28.6 Å². The average Bonchev–Trinajstić information content (AvgIpc) is 3.41. The molecule has 12 atom stereocenters. The average molecular weight is 535 g/mol. The van der Waals surface area contributed by atoms with E-state index in [0.29, 0.717) is 25.9 Å². The molecule has 1 saturated heterocycles. The van der Waals surface area contributed by atoms with Crippen molar-refractivity contribution < 1.29 is 39.1 Å². The van der Waals surface area contributed by atoms with Gasteiger partial charge in [-0.2, -0.15) is 0 Å². The molecular weight excluding hydrogens is 488 g/mol. The van der Waals surface area contributed by atoms with Crippen molar-refractivity contribution in [1.29, 1.82) is 0 Å². The highest BCUT2D eigenvalue weighted by Crippen LogP contribution is 2.70. The molecule has 3 N–H and O–H groups in total. The molecule has 214 valence electrons. The first kappa shape index (κ1) is 27.2. The van der Waals surface area contributed by atoms with E-state index in [1.54, 1.807) is 13.2 Å². The Bertz CT molecular complexity index is 983. The molecule has 2 aliphatic heterocycles. The third-order valence-corrected chi connectivity index (χ3v) is 12.4. The summed E-state index contributed by atoms with van der Waals surface area (Å²) in [6.45, 7) is 6.67. The van der Waals surface area contributed by atoms with Crippen molar-refractivity contribution in [3.63, 3.8) is 0 Å². The fourth-order valence-electron chi connectivity index (χ4n) is 10.0. The molecule has 0 radical (unpaired) electrons. The summed E-state index contributed by atoms with van der Waals surface area (Å²) in [5, 5.41) is 34.9. The summed E-state index contributed by atoms with van der Waals surface area (Å²) < 4.78 is 23.0. The number of esters is 1. The topological polar surface area (TPSA) is 115 Å². The monoisotopic (exact) mass is 534 g/mol. The molecule has 0 aromatic carbocycles. The number of ether oxygens (including phenoxy) is 4. The van der Waals surface area contributed by atoms with Gasteiger partial charge >= 0.3 is 5.97 Å². The van der Waals surface area contributed by atoms with E-state index < -0.39 is 23.6 Å². The van der Waals surface area contributed by atoms with Crippen LogP contribution < -0.4 is 0 Å². The molecule has 6 aliphatic rings. The second-order valence-electron chi connectivity index (χ2n) is 13.8. The van der Waals surface area contributed by atoms with E-state index in [2.05, 4.69) is 13.8 Å². The van der Waals surface area contributed by atoms with Crippen molar-refractivity contribution in [1.82, 2.24) is 0 Å². The second-order valence-corrected chi connectivity index (χ2v) is 13.8. The van der Waals surface area contributed by atoms with Gasteiger partial charge in [-0.25, -0.2) is 4.79 Å². The zero-order valence-electron chi connectivity index (χ0n) is 23.4. The molecule has 0 amide bonds. The third kappa shape index (κ3) is 3.81. The number of hydrogen-bond donors (Lipinski definition) is 3. The Morgan fingerprint density at radius 2 is 1.74 bits per heavy atom. The zero-order valence-corrected chi connectivity index (χ0v) is 23.4. The fourth-order valence-corrected chi connectivity index (χ4v) is 10.0. The minimum absolute atomic E-state index is 0.116. The summed E-state index contributed by atoms with van der Waals surface area (Å²) in [5.74, 6) is 0.293. The van der Waals surface area contributed by atoms with E-state index in [-0.39, 0.29) is 52.9 Å². The van der Waals surface area contributed by atoms with E-state index in [1.165, 1.54) is 0 Å². The van der Waals surface area contributed by atoms with Crippen LogP contribution in [-0.2, 0) is 23.7 Å². The molecule has 0 spiro atoms. The maximum Gasteiger partial charge on any atom is 0.331 e. The first-order valence-electron chi connectivity index (χ1n) is 14.8. The Morgan fingerprint density at radius 1 is 1.00 bits per heavy atom. The maximum atomic E-state index is 12.4. The maximum absolute atomic E-state index is 12.4. The summed E-state index contributed by atoms with van der Waals surface area (Å²) in [6, 6.07) is 0. The smallest absolute Gasteiger partial charge is 0.331 e. The van der Waals surface area contributed by atoms with E-state index >= 15 is 0 Å². The molecule has 0 aromatic heterocycles. The quantitative estimate of drug-likeness (QED) is 0.372. The van der Waals surface area contributed by atoms with Crippen LogP contribution in [0.4, 0.5) is 0 Å². The Kier molecular flexibility index (Phi) is 6.61. The minimum atomic E-state index is -0.853. The number of aliphatic hydroxyl groups is 3. The fraction of sp³-hybridized carbons (Fsp3) is 0.900. The van der Waals surface area contributed by atoms with Gasteiger partial charge in [0.15, 0.2) is 6.29 Å². The van der Waals surface area contributed by atoms with Crippen LogP contribution in [0.3, 0.4) is 0 Å². The van der Waals surface area contributed by atoms with Crippen molar-refractivity contribution in [2.45, 2.75) is 127 Å². The van der Waals surface area contributed by atoms with Crippen LogP contribution in [0.15, 0.2) is 11.6 Å². The first-order valence-corrected chi connectivity index (χ1v) is 14.8. The molecule has 4 aliphatic carbocycles. The number of carbonyl (C=O) groups is 1. The first-order chi connectivity index (χ1) is 17.9. The summed E-state index contributed by atoms with van der Waals surface area (Å²) in [7, 11) is 1.60. The van der Waals surface area contributed by atoms with Gasteiger partial charge in [0, 0.05) is 31.4 Å². The van der Waals surface area contributed by atoms with Gasteiger partial charge in [-0.3, -0.25) is 0 Å². The van der Waals surface area contributed by atoms with E-state index in [4.69, 9.17) is 18.9 Å². The second kappa shape index (κ2) is 9.25. The minimum Gasteiger partial charge on any atom is -0.458 e. The van der Waals surface area contributed by atoms with Crippen LogP contribution in [0.2, 0.25) is 0 Å².